The first-order valence-corrected chi connectivity index (χ1v) is 7.61. The van der Waals surface area contributed by atoms with Crippen molar-refractivity contribution >= 4 is 29.1 Å². The summed E-state index contributed by atoms with van der Waals surface area (Å²) >= 11 is 5.73. The normalized spacial score (nSPS) is 10.6. The lowest BCUT2D eigenvalue weighted by Gasteiger charge is -2.00. The monoisotopic (exact) mass is 360 g/mol. The maximum atomic E-state index is 12.3. The number of carbonyl (C=O) groups excluding carboxylic acids is 2. The summed E-state index contributed by atoms with van der Waals surface area (Å²) < 4.78 is 6.78. The molecule has 0 radical (unpaired) electrons. The number of hydrogen-bond donors (Lipinski definition) is 2. The SMILES string of the molecule is CCn1cc(NC(=O)c2coc(-c3ccc(Cl)nc3)n2)c(C(N)=O)n1. The molecule has 25 heavy (non-hydrogen) atoms. The molecule has 2 amide bonds. The first-order chi connectivity index (χ1) is 12.0. The van der Waals surface area contributed by atoms with Gasteiger partial charge in [-0.2, -0.15) is 5.10 Å². The summed E-state index contributed by atoms with van der Waals surface area (Å²) in [4.78, 5) is 31.8. The van der Waals surface area contributed by atoms with Crippen LogP contribution in [0, 0.1) is 0 Å². The summed E-state index contributed by atoms with van der Waals surface area (Å²) in [7, 11) is 0. The van der Waals surface area contributed by atoms with Gasteiger partial charge in [-0.3, -0.25) is 14.3 Å². The summed E-state index contributed by atoms with van der Waals surface area (Å²) in [6.45, 7) is 2.36. The molecule has 0 aliphatic rings. The average molecular weight is 361 g/mol. The van der Waals surface area contributed by atoms with Crippen molar-refractivity contribution in [1.29, 1.82) is 0 Å². The van der Waals surface area contributed by atoms with Crippen molar-refractivity contribution in [2.45, 2.75) is 13.5 Å². The molecule has 0 fully saturated rings. The fraction of sp³-hybridized carbons (Fsp3) is 0.133. The van der Waals surface area contributed by atoms with Crippen LogP contribution in [0.15, 0.2) is 35.2 Å². The molecule has 0 aliphatic heterocycles. The van der Waals surface area contributed by atoms with Crippen LogP contribution in [0.5, 0.6) is 0 Å². The van der Waals surface area contributed by atoms with Crippen molar-refractivity contribution in [3.63, 3.8) is 0 Å². The average Bonchev–Trinajstić information content (AvgIpc) is 3.22. The predicted molar refractivity (Wildman–Crippen MR) is 89.1 cm³/mol. The molecule has 128 valence electrons. The van der Waals surface area contributed by atoms with E-state index in [-0.39, 0.29) is 23.0 Å². The van der Waals surface area contributed by atoms with Gasteiger partial charge >= 0.3 is 0 Å². The molecular formula is C15H13ClN6O3. The van der Waals surface area contributed by atoms with Crippen molar-refractivity contribution in [2.75, 3.05) is 5.32 Å². The Morgan fingerprint density at radius 1 is 1.40 bits per heavy atom. The number of anilines is 1. The molecule has 0 atom stereocenters. The number of primary amides is 1. The van der Waals surface area contributed by atoms with Crippen molar-refractivity contribution in [2.24, 2.45) is 5.73 Å². The van der Waals surface area contributed by atoms with Gasteiger partial charge in [0.1, 0.15) is 11.4 Å². The Labute approximate surface area is 146 Å². The summed E-state index contributed by atoms with van der Waals surface area (Å²) in [5.41, 5.74) is 6.05. The Hall–Kier alpha value is -3.20. The van der Waals surface area contributed by atoms with Crippen LogP contribution in [0.3, 0.4) is 0 Å². The molecule has 0 saturated carbocycles. The van der Waals surface area contributed by atoms with Gasteiger partial charge in [-0.25, -0.2) is 9.97 Å². The van der Waals surface area contributed by atoms with Gasteiger partial charge in [-0.15, -0.1) is 0 Å². The van der Waals surface area contributed by atoms with Gasteiger partial charge in [0.05, 0.1) is 11.3 Å². The van der Waals surface area contributed by atoms with E-state index >= 15 is 0 Å². The van der Waals surface area contributed by atoms with E-state index in [1.165, 1.54) is 23.3 Å². The van der Waals surface area contributed by atoms with Gasteiger partial charge in [-0.1, -0.05) is 11.6 Å². The zero-order valence-electron chi connectivity index (χ0n) is 13.1. The number of aromatic nitrogens is 4. The van der Waals surface area contributed by atoms with Crippen LogP contribution in [0.1, 0.15) is 27.9 Å². The van der Waals surface area contributed by atoms with Gasteiger partial charge in [0.25, 0.3) is 11.8 Å². The maximum absolute atomic E-state index is 12.3. The second-order valence-corrected chi connectivity index (χ2v) is 5.36. The minimum Gasteiger partial charge on any atom is -0.444 e. The number of amides is 2. The van der Waals surface area contributed by atoms with Crippen LogP contribution in [0.25, 0.3) is 11.5 Å². The number of nitrogens with one attached hydrogen (secondary N) is 1. The topological polar surface area (TPSA) is 129 Å². The quantitative estimate of drug-likeness (QED) is 0.669. The minimum atomic E-state index is -0.740. The molecule has 3 aromatic rings. The lowest BCUT2D eigenvalue weighted by atomic mass is 10.3. The smallest absolute Gasteiger partial charge is 0.277 e. The molecule has 10 heteroatoms. The summed E-state index contributed by atoms with van der Waals surface area (Å²) in [5.74, 6) is -1.08. The van der Waals surface area contributed by atoms with Crippen molar-refractivity contribution < 1.29 is 14.0 Å². The molecule has 0 unspecified atom stereocenters. The van der Waals surface area contributed by atoms with Crippen molar-refractivity contribution in [1.82, 2.24) is 19.7 Å². The molecule has 9 nitrogen and oxygen atoms in total. The molecule has 3 heterocycles. The third-order valence-corrected chi connectivity index (χ3v) is 3.50. The molecule has 3 N–H and O–H groups in total. The van der Waals surface area contributed by atoms with Crippen LogP contribution >= 0.6 is 11.6 Å². The van der Waals surface area contributed by atoms with E-state index in [1.54, 1.807) is 12.1 Å². The lowest BCUT2D eigenvalue weighted by Crippen LogP contribution is -2.18. The van der Waals surface area contributed by atoms with E-state index in [0.717, 1.165) is 0 Å². The molecule has 0 aromatic carbocycles. The Morgan fingerprint density at radius 3 is 2.84 bits per heavy atom. The van der Waals surface area contributed by atoms with Crippen LogP contribution in [0.2, 0.25) is 5.15 Å². The van der Waals surface area contributed by atoms with Gasteiger partial charge in [0.2, 0.25) is 5.89 Å². The van der Waals surface area contributed by atoms with E-state index in [9.17, 15) is 9.59 Å². The Morgan fingerprint density at radius 2 is 2.20 bits per heavy atom. The predicted octanol–water partition coefficient (Wildman–Crippen LogP) is 1.96. The van der Waals surface area contributed by atoms with Gasteiger partial charge in [0.15, 0.2) is 11.4 Å². The third-order valence-electron chi connectivity index (χ3n) is 3.28. The number of aryl methyl sites for hydroxylation is 1. The van der Waals surface area contributed by atoms with Gasteiger partial charge in [0, 0.05) is 18.9 Å². The standard InChI is InChI=1S/C15H13ClN6O3/c1-2-22-6-9(12(21-22)13(17)23)19-14(24)10-7-25-15(20-10)8-3-4-11(16)18-5-8/h3-7H,2H2,1H3,(H2,17,23)(H,19,24). The van der Waals surface area contributed by atoms with E-state index in [4.69, 9.17) is 21.8 Å². The minimum absolute atomic E-state index is 0.0270. The number of rotatable bonds is 5. The van der Waals surface area contributed by atoms with E-state index in [0.29, 0.717) is 17.3 Å². The molecular weight excluding hydrogens is 348 g/mol. The van der Waals surface area contributed by atoms with Crippen LogP contribution in [0.4, 0.5) is 5.69 Å². The molecule has 0 aliphatic carbocycles. The zero-order chi connectivity index (χ0) is 18.0. The fourth-order valence-corrected chi connectivity index (χ4v) is 2.17. The first kappa shape index (κ1) is 16.7. The highest BCUT2D eigenvalue weighted by Gasteiger charge is 2.19. The second kappa shape index (κ2) is 6.73. The summed E-state index contributed by atoms with van der Waals surface area (Å²) in [5, 5.41) is 6.89. The summed E-state index contributed by atoms with van der Waals surface area (Å²) in [6, 6.07) is 3.25. The highest BCUT2D eigenvalue weighted by Crippen LogP contribution is 2.20. The van der Waals surface area contributed by atoms with Gasteiger partial charge in [-0.05, 0) is 19.1 Å². The van der Waals surface area contributed by atoms with E-state index in [2.05, 4.69) is 20.4 Å². The zero-order valence-corrected chi connectivity index (χ0v) is 13.8. The van der Waals surface area contributed by atoms with E-state index in [1.807, 2.05) is 6.92 Å². The number of pyridine rings is 1. The Kier molecular flexibility index (Phi) is 4.48. The number of halogens is 1. The largest absolute Gasteiger partial charge is 0.444 e. The second-order valence-electron chi connectivity index (χ2n) is 4.97. The Balaban J connectivity index is 1.82. The third kappa shape index (κ3) is 3.50. The number of oxazole rings is 1. The lowest BCUT2D eigenvalue weighted by molar-refractivity contribution is 0.0995. The van der Waals surface area contributed by atoms with Crippen molar-refractivity contribution in [3.8, 4) is 11.5 Å². The van der Waals surface area contributed by atoms with Crippen molar-refractivity contribution in [3.05, 3.63) is 47.3 Å². The molecule has 3 aromatic heterocycles. The highest BCUT2D eigenvalue weighted by molar-refractivity contribution is 6.29. The number of nitrogens with two attached hydrogens (primary N) is 1. The Bertz CT molecular complexity index is 931. The maximum Gasteiger partial charge on any atom is 0.277 e. The molecule has 3 rings (SSSR count). The summed E-state index contributed by atoms with van der Waals surface area (Å²) in [6.07, 6.45) is 4.20. The fourth-order valence-electron chi connectivity index (χ4n) is 2.06. The van der Waals surface area contributed by atoms with Gasteiger partial charge < -0.3 is 15.5 Å². The van der Waals surface area contributed by atoms with Crippen LogP contribution < -0.4 is 11.1 Å². The van der Waals surface area contributed by atoms with E-state index < -0.39 is 11.8 Å². The highest BCUT2D eigenvalue weighted by atomic mass is 35.5. The van der Waals surface area contributed by atoms with Crippen LogP contribution in [-0.4, -0.2) is 31.6 Å². The number of carbonyl (C=O) groups is 2. The molecule has 0 saturated heterocycles. The molecule has 0 bridgehead atoms. The first-order valence-electron chi connectivity index (χ1n) is 7.24. The molecule has 0 spiro atoms. The number of nitrogens with zero attached hydrogens (tertiary/aromatic N) is 4. The van der Waals surface area contributed by atoms with Crippen LogP contribution in [-0.2, 0) is 6.54 Å². The number of hydrogen-bond acceptors (Lipinski definition) is 6.